The minimum absolute atomic E-state index is 0.0253. The van der Waals surface area contributed by atoms with Crippen LogP contribution in [0.1, 0.15) is 22.3 Å². The van der Waals surface area contributed by atoms with E-state index in [2.05, 4.69) is 5.32 Å². The highest BCUT2D eigenvalue weighted by Gasteiger charge is 2.21. The monoisotopic (exact) mass is 238 g/mol. The third-order valence-electron chi connectivity index (χ3n) is 2.69. The van der Waals surface area contributed by atoms with Gasteiger partial charge in [0.05, 0.1) is 5.56 Å². The van der Waals surface area contributed by atoms with Crippen LogP contribution < -0.4 is 5.32 Å². The minimum atomic E-state index is 0.0253. The number of aryl methyl sites for hydroxylation is 1. The first-order valence-corrected chi connectivity index (χ1v) is 6.21. The van der Waals surface area contributed by atoms with Crippen LogP contribution in [0.3, 0.4) is 0 Å². The van der Waals surface area contributed by atoms with E-state index in [0.29, 0.717) is 26.1 Å². The third-order valence-corrected chi connectivity index (χ3v) is 3.55. The molecule has 4 nitrogen and oxygen atoms in total. The van der Waals surface area contributed by atoms with E-state index in [0.717, 1.165) is 11.1 Å². The number of carbonyl (C=O) groups excluding carboxylic acids is 2. The van der Waals surface area contributed by atoms with Crippen molar-refractivity contribution in [3.8, 4) is 0 Å². The Bertz CT molecular complexity index is 414. The predicted octanol–water partition coefficient (Wildman–Crippen LogP) is 1.02. The zero-order valence-corrected chi connectivity index (χ0v) is 9.97. The number of carbonyl (C=O) groups is 2. The Hall–Kier alpha value is -1.36. The smallest absolute Gasteiger partial charge is 0.255 e. The van der Waals surface area contributed by atoms with Gasteiger partial charge < -0.3 is 10.2 Å². The molecule has 1 saturated heterocycles. The number of thiophene rings is 1. The molecular formula is C11H14N2O2S. The number of hydrogen-bond donors (Lipinski definition) is 1. The van der Waals surface area contributed by atoms with Crippen molar-refractivity contribution in [2.75, 3.05) is 19.6 Å². The van der Waals surface area contributed by atoms with Gasteiger partial charge in [-0.25, -0.2) is 0 Å². The molecule has 0 atom stereocenters. The van der Waals surface area contributed by atoms with Gasteiger partial charge in [-0.1, -0.05) is 0 Å². The lowest BCUT2D eigenvalue weighted by atomic mass is 10.2. The van der Waals surface area contributed by atoms with E-state index in [4.69, 9.17) is 0 Å². The van der Waals surface area contributed by atoms with Crippen molar-refractivity contribution in [3.63, 3.8) is 0 Å². The Morgan fingerprint density at radius 1 is 1.44 bits per heavy atom. The van der Waals surface area contributed by atoms with E-state index in [1.165, 1.54) is 11.3 Å². The molecule has 1 aliphatic heterocycles. The summed E-state index contributed by atoms with van der Waals surface area (Å²) in [5, 5.41) is 6.60. The lowest BCUT2D eigenvalue weighted by molar-refractivity contribution is -0.120. The molecule has 0 unspecified atom stereocenters. The molecule has 1 aromatic rings. The Morgan fingerprint density at radius 3 is 2.94 bits per heavy atom. The number of nitrogens with zero attached hydrogens (tertiary/aromatic N) is 1. The lowest BCUT2D eigenvalue weighted by Gasteiger charge is -2.19. The minimum Gasteiger partial charge on any atom is -0.354 e. The maximum atomic E-state index is 12.1. The molecule has 1 aliphatic rings. The molecule has 0 radical (unpaired) electrons. The molecule has 0 aromatic carbocycles. The fourth-order valence-electron chi connectivity index (χ4n) is 1.72. The molecule has 0 spiro atoms. The summed E-state index contributed by atoms with van der Waals surface area (Å²) in [6.07, 6.45) is 0.398. The summed E-state index contributed by atoms with van der Waals surface area (Å²) in [7, 11) is 0. The standard InChI is InChI=1S/C11H14N2O2S/c1-8-6-16-7-9(8)11(15)13-4-2-10(14)12-3-5-13/h6-7H,2-5H2,1H3,(H,12,14). The SMILES string of the molecule is Cc1cscc1C(=O)N1CCNC(=O)CC1. The molecule has 1 N–H and O–H groups in total. The Balaban J connectivity index is 2.10. The van der Waals surface area contributed by atoms with Gasteiger partial charge in [-0.15, -0.1) is 0 Å². The molecule has 1 fully saturated rings. The zero-order valence-electron chi connectivity index (χ0n) is 9.16. The maximum absolute atomic E-state index is 12.1. The molecule has 2 rings (SSSR count). The molecule has 0 aliphatic carbocycles. The second kappa shape index (κ2) is 4.65. The molecular weight excluding hydrogens is 224 g/mol. The molecule has 2 heterocycles. The quantitative estimate of drug-likeness (QED) is 0.794. The maximum Gasteiger partial charge on any atom is 0.255 e. The number of rotatable bonds is 1. The van der Waals surface area contributed by atoms with Gasteiger partial charge in [-0.05, 0) is 17.9 Å². The number of nitrogens with one attached hydrogen (secondary N) is 1. The number of amides is 2. The fraction of sp³-hybridized carbons (Fsp3) is 0.455. The Kier molecular flexibility index (Phi) is 3.24. The molecule has 1 aromatic heterocycles. The van der Waals surface area contributed by atoms with Crippen LogP contribution in [0, 0.1) is 6.92 Å². The van der Waals surface area contributed by atoms with Crippen molar-refractivity contribution >= 4 is 23.2 Å². The van der Waals surface area contributed by atoms with Crippen LogP contribution in [-0.4, -0.2) is 36.3 Å². The van der Waals surface area contributed by atoms with Crippen LogP contribution >= 0.6 is 11.3 Å². The summed E-state index contributed by atoms with van der Waals surface area (Å²) < 4.78 is 0. The lowest BCUT2D eigenvalue weighted by Crippen LogP contribution is -2.34. The van der Waals surface area contributed by atoms with Gasteiger partial charge in [-0.2, -0.15) is 11.3 Å². The fourth-order valence-corrected chi connectivity index (χ4v) is 2.54. The highest BCUT2D eigenvalue weighted by atomic mass is 32.1. The summed E-state index contributed by atoms with van der Waals surface area (Å²) in [4.78, 5) is 25.0. The molecule has 0 bridgehead atoms. The summed E-state index contributed by atoms with van der Waals surface area (Å²) >= 11 is 1.53. The van der Waals surface area contributed by atoms with Crippen LogP contribution in [-0.2, 0) is 4.79 Å². The van der Waals surface area contributed by atoms with Gasteiger partial charge in [0, 0.05) is 31.4 Å². The first kappa shape index (κ1) is 11.1. The highest BCUT2D eigenvalue weighted by molar-refractivity contribution is 7.08. The molecule has 86 valence electrons. The van der Waals surface area contributed by atoms with E-state index >= 15 is 0 Å². The summed E-state index contributed by atoms with van der Waals surface area (Å²) in [5.41, 5.74) is 1.78. The second-order valence-electron chi connectivity index (χ2n) is 3.86. The van der Waals surface area contributed by atoms with E-state index in [1.54, 1.807) is 4.90 Å². The first-order chi connectivity index (χ1) is 7.68. The number of hydrogen-bond acceptors (Lipinski definition) is 3. The molecule has 0 saturated carbocycles. The van der Waals surface area contributed by atoms with Crippen LogP contribution in [0.2, 0.25) is 0 Å². The van der Waals surface area contributed by atoms with E-state index in [9.17, 15) is 9.59 Å². The average Bonchev–Trinajstić information content (AvgIpc) is 2.56. The van der Waals surface area contributed by atoms with Crippen LogP contribution in [0.4, 0.5) is 0 Å². The zero-order chi connectivity index (χ0) is 11.5. The van der Waals surface area contributed by atoms with Gasteiger partial charge in [0.25, 0.3) is 5.91 Å². The van der Waals surface area contributed by atoms with E-state index < -0.39 is 0 Å². The topological polar surface area (TPSA) is 49.4 Å². The van der Waals surface area contributed by atoms with Crippen molar-refractivity contribution in [2.45, 2.75) is 13.3 Å². The van der Waals surface area contributed by atoms with E-state index in [1.807, 2.05) is 17.7 Å². The van der Waals surface area contributed by atoms with Crippen molar-refractivity contribution in [1.29, 1.82) is 0 Å². The molecule has 5 heteroatoms. The van der Waals surface area contributed by atoms with Gasteiger partial charge in [0.2, 0.25) is 5.91 Å². The first-order valence-electron chi connectivity index (χ1n) is 5.27. The second-order valence-corrected chi connectivity index (χ2v) is 4.60. The third kappa shape index (κ3) is 2.24. The highest BCUT2D eigenvalue weighted by Crippen LogP contribution is 2.16. The summed E-state index contributed by atoms with van der Waals surface area (Å²) in [6.45, 7) is 3.60. The molecule has 16 heavy (non-hydrogen) atoms. The van der Waals surface area contributed by atoms with Gasteiger partial charge >= 0.3 is 0 Å². The van der Waals surface area contributed by atoms with Gasteiger partial charge in [0.1, 0.15) is 0 Å². The van der Waals surface area contributed by atoms with Crippen molar-refractivity contribution < 1.29 is 9.59 Å². The van der Waals surface area contributed by atoms with Crippen molar-refractivity contribution in [1.82, 2.24) is 10.2 Å². The van der Waals surface area contributed by atoms with Crippen LogP contribution in [0.5, 0.6) is 0 Å². The van der Waals surface area contributed by atoms with Crippen LogP contribution in [0.15, 0.2) is 10.8 Å². The van der Waals surface area contributed by atoms with Crippen molar-refractivity contribution in [3.05, 3.63) is 21.9 Å². The molecule has 2 amide bonds. The Morgan fingerprint density at radius 2 is 2.25 bits per heavy atom. The normalized spacial score (nSPS) is 16.8. The predicted molar refractivity (Wildman–Crippen MR) is 62.6 cm³/mol. The van der Waals surface area contributed by atoms with E-state index in [-0.39, 0.29) is 11.8 Å². The van der Waals surface area contributed by atoms with Crippen molar-refractivity contribution in [2.24, 2.45) is 0 Å². The van der Waals surface area contributed by atoms with Crippen LogP contribution in [0.25, 0.3) is 0 Å². The largest absolute Gasteiger partial charge is 0.354 e. The average molecular weight is 238 g/mol. The summed E-state index contributed by atoms with van der Waals surface area (Å²) in [6, 6.07) is 0. The van der Waals surface area contributed by atoms with Gasteiger partial charge in [0.15, 0.2) is 0 Å². The summed E-state index contributed by atoms with van der Waals surface area (Å²) in [5.74, 6) is 0.0626. The Labute approximate surface area is 98.3 Å². The van der Waals surface area contributed by atoms with Gasteiger partial charge in [-0.3, -0.25) is 9.59 Å².